The highest BCUT2D eigenvalue weighted by atomic mass is 16.5. The summed E-state index contributed by atoms with van der Waals surface area (Å²) in [4.78, 5) is 10.9. The molecule has 0 saturated carbocycles. The van der Waals surface area contributed by atoms with E-state index in [0.717, 1.165) is 18.9 Å². The standard InChI is InChI=1S/C14H24N4O2/c1-2-18-6-4-3-5-12(18)9-16-13-10-15-11-14(17-13)20-8-7-19/h10-12,19H,2-9H2,1H3,(H,16,17). The molecular weight excluding hydrogens is 256 g/mol. The van der Waals surface area contributed by atoms with Gasteiger partial charge in [0.15, 0.2) is 0 Å². The van der Waals surface area contributed by atoms with E-state index in [2.05, 4.69) is 27.1 Å². The van der Waals surface area contributed by atoms with E-state index in [1.807, 2.05) is 0 Å². The van der Waals surface area contributed by atoms with Gasteiger partial charge in [0, 0.05) is 12.6 Å². The second-order valence-electron chi connectivity index (χ2n) is 4.97. The van der Waals surface area contributed by atoms with Crippen molar-refractivity contribution in [2.75, 3.05) is 38.2 Å². The van der Waals surface area contributed by atoms with Gasteiger partial charge < -0.3 is 15.2 Å². The van der Waals surface area contributed by atoms with Crippen molar-refractivity contribution in [3.05, 3.63) is 12.4 Å². The lowest BCUT2D eigenvalue weighted by Gasteiger charge is -2.35. The van der Waals surface area contributed by atoms with Crippen LogP contribution in [0.3, 0.4) is 0 Å². The van der Waals surface area contributed by atoms with E-state index in [-0.39, 0.29) is 13.2 Å². The first-order valence-electron chi connectivity index (χ1n) is 7.37. The van der Waals surface area contributed by atoms with Crippen LogP contribution in [-0.4, -0.2) is 58.9 Å². The molecule has 2 N–H and O–H groups in total. The number of aliphatic hydroxyl groups is 1. The lowest BCUT2D eigenvalue weighted by atomic mass is 10.0. The molecule has 1 aliphatic rings. The van der Waals surface area contributed by atoms with E-state index in [4.69, 9.17) is 9.84 Å². The van der Waals surface area contributed by atoms with Crippen molar-refractivity contribution in [1.29, 1.82) is 0 Å². The van der Waals surface area contributed by atoms with Crippen LogP contribution < -0.4 is 10.1 Å². The number of piperidine rings is 1. The van der Waals surface area contributed by atoms with Crippen LogP contribution in [0.1, 0.15) is 26.2 Å². The number of likely N-dealkylation sites (tertiary alicyclic amines) is 1. The number of nitrogens with one attached hydrogen (secondary N) is 1. The van der Waals surface area contributed by atoms with Crippen molar-refractivity contribution in [1.82, 2.24) is 14.9 Å². The molecule has 0 radical (unpaired) electrons. The van der Waals surface area contributed by atoms with Gasteiger partial charge in [-0.2, -0.15) is 4.98 Å². The Morgan fingerprint density at radius 2 is 2.35 bits per heavy atom. The first kappa shape index (κ1) is 15.0. The Balaban J connectivity index is 1.86. The molecule has 1 aliphatic heterocycles. The second kappa shape index (κ2) is 8.01. The number of ether oxygens (including phenoxy) is 1. The maximum absolute atomic E-state index is 8.73. The van der Waals surface area contributed by atoms with E-state index in [0.29, 0.717) is 11.9 Å². The first-order chi connectivity index (χ1) is 9.83. The van der Waals surface area contributed by atoms with Gasteiger partial charge in [-0.15, -0.1) is 0 Å². The average Bonchev–Trinajstić information content (AvgIpc) is 2.51. The van der Waals surface area contributed by atoms with Gasteiger partial charge in [0.05, 0.1) is 19.0 Å². The average molecular weight is 280 g/mol. The molecule has 0 amide bonds. The molecule has 1 fully saturated rings. The zero-order chi connectivity index (χ0) is 14.2. The number of nitrogens with zero attached hydrogens (tertiary/aromatic N) is 3. The summed E-state index contributed by atoms with van der Waals surface area (Å²) >= 11 is 0. The Morgan fingerprint density at radius 3 is 3.15 bits per heavy atom. The van der Waals surface area contributed by atoms with Gasteiger partial charge in [-0.25, -0.2) is 0 Å². The molecule has 0 bridgehead atoms. The predicted molar refractivity (Wildman–Crippen MR) is 78.0 cm³/mol. The lowest BCUT2D eigenvalue weighted by Crippen LogP contribution is -2.43. The lowest BCUT2D eigenvalue weighted by molar-refractivity contribution is 0.164. The topological polar surface area (TPSA) is 70.5 Å². The van der Waals surface area contributed by atoms with Crippen molar-refractivity contribution in [3.8, 4) is 5.88 Å². The number of aliphatic hydroxyl groups excluding tert-OH is 1. The first-order valence-corrected chi connectivity index (χ1v) is 7.37. The van der Waals surface area contributed by atoms with Crippen LogP contribution in [0.15, 0.2) is 12.4 Å². The summed E-state index contributed by atoms with van der Waals surface area (Å²) in [5.41, 5.74) is 0. The highest BCUT2D eigenvalue weighted by Crippen LogP contribution is 2.17. The SMILES string of the molecule is CCN1CCCCC1CNc1cncc(OCCO)n1. The van der Waals surface area contributed by atoms with Crippen LogP contribution in [0.5, 0.6) is 5.88 Å². The summed E-state index contributed by atoms with van der Waals surface area (Å²) in [5.74, 6) is 1.17. The molecule has 2 rings (SSSR count). The number of anilines is 1. The van der Waals surface area contributed by atoms with E-state index in [1.54, 1.807) is 12.4 Å². The minimum atomic E-state index is -0.0210. The molecule has 1 aromatic heterocycles. The Bertz CT molecular complexity index is 403. The van der Waals surface area contributed by atoms with E-state index in [9.17, 15) is 0 Å². The molecule has 6 nitrogen and oxygen atoms in total. The summed E-state index contributed by atoms with van der Waals surface area (Å²) in [5, 5.41) is 12.1. The third-order valence-electron chi connectivity index (χ3n) is 3.63. The van der Waals surface area contributed by atoms with Crippen molar-refractivity contribution in [3.63, 3.8) is 0 Å². The molecular formula is C14H24N4O2. The van der Waals surface area contributed by atoms with Crippen molar-refractivity contribution in [2.45, 2.75) is 32.2 Å². The zero-order valence-electron chi connectivity index (χ0n) is 12.1. The number of likely N-dealkylation sites (N-methyl/N-ethyl adjacent to an activating group) is 1. The van der Waals surface area contributed by atoms with Gasteiger partial charge >= 0.3 is 0 Å². The molecule has 6 heteroatoms. The molecule has 1 saturated heterocycles. The number of hydrogen-bond acceptors (Lipinski definition) is 6. The van der Waals surface area contributed by atoms with Gasteiger partial charge in [0.25, 0.3) is 0 Å². The molecule has 0 spiro atoms. The minimum Gasteiger partial charge on any atom is -0.474 e. The summed E-state index contributed by atoms with van der Waals surface area (Å²) in [6.45, 7) is 5.59. The quantitative estimate of drug-likeness (QED) is 0.780. The molecule has 0 aliphatic carbocycles. The summed E-state index contributed by atoms with van der Waals surface area (Å²) in [7, 11) is 0. The van der Waals surface area contributed by atoms with Crippen LogP contribution in [0.25, 0.3) is 0 Å². The predicted octanol–water partition coefficient (Wildman–Crippen LogP) is 1.13. The molecule has 1 aromatic rings. The minimum absolute atomic E-state index is 0.0210. The normalized spacial score (nSPS) is 19.8. The monoisotopic (exact) mass is 280 g/mol. The fourth-order valence-corrected chi connectivity index (χ4v) is 2.58. The van der Waals surface area contributed by atoms with E-state index >= 15 is 0 Å². The third-order valence-corrected chi connectivity index (χ3v) is 3.63. The third kappa shape index (κ3) is 4.31. The fourth-order valence-electron chi connectivity index (χ4n) is 2.58. The van der Waals surface area contributed by atoms with Crippen LogP contribution in [-0.2, 0) is 0 Å². The Labute approximate surface area is 120 Å². The van der Waals surface area contributed by atoms with Gasteiger partial charge in [0.2, 0.25) is 5.88 Å². The summed E-state index contributed by atoms with van der Waals surface area (Å²) < 4.78 is 5.26. The highest BCUT2D eigenvalue weighted by Gasteiger charge is 2.20. The smallest absolute Gasteiger partial charge is 0.234 e. The molecule has 1 unspecified atom stereocenters. The highest BCUT2D eigenvalue weighted by molar-refractivity contribution is 5.33. The van der Waals surface area contributed by atoms with E-state index in [1.165, 1.54) is 25.8 Å². The van der Waals surface area contributed by atoms with E-state index < -0.39 is 0 Å². The zero-order valence-corrected chi connectivity index (χ0v) is 12.1. The molecule has 112 valence electrons. The van der Waals surface area contributed by atoms with Crippen LogP contribution >= 0.6 is 0 Å². The summed E-state index contributed by atoms with van der Waals surface area (Å²) in [6, 6.07) is 0.567. The van der Waals surface area contributed by atoms with Crippen molar-refractivity contribution >= 4 is 5.82 Å². The van der Waals surface area contributed by atoms with Crippen LogP contribution in [0.4, 0.5) is 5.82 Å². The largest absolute Gasteiger partial charge is 0.474 e. The maximum Gasteiger partial charge on any atom is 0.234 e. The van der Waals surface area contributed by atoms with Crippen LogP contribution in [0, 0.1) is 0 Å². The Hall–Kier alpha value is -1.40. The van der Waals surface area contributed by atoms with Gasteiger partial charge in [-0.3, -0.25) is 9.88 Å². The van der Waals surface area contributed by atoms with Crippen molar-refractivity contribution < 1.29 is 9.84 Å². The number of rotatable bonds is 7. The molecule has 0 aromatic carbocycles. The summed E-state index contributed by atoms with van der Waals surface area (Å²) in [6.07, 6.45) is 7.09. The molecule has 2 heterocycles. The van der Waals surface area contributed by atoms with Crippen LogP contribution in [0.2, 0.25) is 0 Å². The van der Waals surface area contributed by atoms with Gasteiger partial charge in [-0.1, -0.05) is 13.3 Å². The Morgan fingerprint density at radius 1 is 1.45 bits per heavy atom. The Kier molecular flexibility index (Phi) is 6.01. The van der Waals surface area contributed by atoms with Crippen molar-refractivity contribution in [2.24, 2.45) is 0 Å². The number of aromatic nitrogens is 2. The molecule has 1 atom stereocenters. The van der Waals surface area contributed by atoms with Gasteiger partial charge in [-0.05, 0) is 25.9 Å². The second-order valence-corrected chi connectivity index (χ2v) is 4.97. The number of hydrogen-bond donors (Lipinski definition) is 2. The maximum atomic E-state index is 8.73. The molecule has 20 heavy (non-hydrogen) atoms. The fraction of sp³-hybridized carbons (Fsp3) is 0.714. The van der Waals surface area contributed by atoms with Gasteiger partial charge in [0.1, 0.15) is 12.4 Å².